The summed E-state index contributed by atoms with van der Waals surface area (Å²) in [6, 6.07) is 0. The van der Waals surface area contributed by atoms with Gasteiger partial charge in [0.25, 0.3) is 0 Å². The molecule has 25 heavy (non-hydrogen) atoms. The van der Waals surface area contributed by atoms with Gasteiger partial charge < -0.3 is 10.2 Å². The summed E-state index contributed by atoms with van der Waals surface area (Å²) in [7, 11) is 0. The molecule has 2 atom stereocenters. The zero-order valence-corrected chi connectivity index (χ0v) is 18.4. The molecule has 0 aliphatic heterocycles. The second-order valence-electron chi connectivity index (χ2n) is 9.13. The first-order valence-electron chi connectivity index (χ1n) is 10.4. The second-order valence-corrected chi connectivity index (χ2v) is 11.8. The molecule has 0 amide bonds. The largest absolute Gasteiger partial charge is 0.393 e. The highest BCUT2D eigenvalue weighted by atomic mass is 32.2. The molecule has 0 aromatic rings. The number of thioether (sulfide) groups is 2. The topological polar surface area (TPSA) is 40.5 Å². The average Bonchev–Trinajstić information content (AvgIpc) is 2.59. The van der Waals surface area contributed by atoms with Gasteiger partial charge in [0, 0.05) is 22.0 Å². The molecule has 0 aromatic carbocycles. The molecule has 4 heteroatoms. The second kappa shape index (κ2) is 10.2. The minimum absolute atomic E-state index is 0.166. The third kappa shape index (κ3) is 6.93. The van der Waals surface area contributed by atoms with E-state index in [1.807, 2.05) is 37.4 Å². The summed E-state index contributed by atoms with van der Waals surface area (Å²) in [6.07, 6.45) is 10.5. The zero-order valence-electron chi connectivity index (χ0n) is 16.7. The molecule has 0 heterocycles. The molecule has 2 aliphatic carbocycles. The predicted molar refractivity (Wildman–Crippen MR) is 114 cm³/mol. The van der Waals surface area contributed by atoms with E-state index < -0.39 is 0 Å². The van der Waals surface area contributed by atoms with Crippen LogP contribution in [0.5, 0.6) is 0 Å². The van der Waals surface area contributed by atoms with Crippen LogP contribution in [0.2, 0.25) is 0 Å². The van der Waals surface area contributed by atoms with E-state index in [1.54, 1.807) is 0 Å². The Morgan fingerprint density at radius 2 is 1.04 bits per heavy atom. The molecule has 2 unspecified atom stereocenters. The Kier molecular flexibility index (Phi) is 8.98. The number of hydrogen-bond donors (Lipinski definition) is 2. The zero-order chi connectivity index (χ0) is 18.4. The minimum Gasteiger partial charge on any atom is -0.393 e. The normalized spacial score (nSPS) is 33.8. The van der Waals surface area contributed by atoms with E-state index in [9.17, 15) is 10.2 Å². The van der Waals surface area contributed by atoms with Crippen LogP contribution < -0.4 is 0 Å². The molecule has 2 N–H and O–H groups in total. The Hall–Kier alpha value is 0.620. The highest BCUT2D eigenvalue weighted by molar-refractivity contribution is 8.00. The van der Waals surface area contributed by atoms with Crippen molar-refractivity contribution in [3.8, 4) is 0 Å². The molecular weight excluding hydrogens is 348 g/mol. The Morgan fingerprint density at radius 1 is 0.720 bits per heavy atom. The van der Waals surface area contributed by atoms with Crippen molar-refractivity contribution in [1.82, 2.24) is 0 Å². The smallest absolute Gasteiger partial charge is 0.0602 e. The maximum atomic E-state index is 9.49. The van der Waals surface area contributed by atoms with Crippen molar-refractivity contribution in [2.24, 2.45) is 17.3 Å². The van der Waals surface area contributed by atoms with Crippen LogP contribution in [0.1, 0.15) is 79.1 Å². The maximum absolute atomic E-state index is 9.49. The van der Waals surface area contributed by atoms with Crippen LogP contribution in [0.4, 0.5) is 0 Å². The maximum Gasteiger partial charge on any atom is 0.0602 e. The first kappa shape index (κ1) is 21.9. The van der Waals surface area contributed by atoms with Gasteiger partial charge in [-0.05, 0) is 82.5 Å². The molecule has 2 nitrogen and oxygen atoms in total. The summed E-state index contributed by atoms with van der Waals surface area (Å²) in [5.74, 6) is 3.55. The van der Waals surface area contributed by atoms with Gasteiger partial charge in [-0.25, -0.2) is 0 Å². The van der Waals surface area contributed by atoms with Crippen LogP contribution >= 0.6 is 23.5 Å². The van der Waals surface area contributed by atoms with E-state index in [0.29, 0.717) is 5.41 Å². The summed E-state index contributed by atoms with van der Waals surface area (Å²) >= 11 is 3.98. The third-order valence-corrected chi connectivity index (χ3v) is 9.83. The van der Waals surface area contributed by atoms with Crippen LogP contribution in [0, 0.1) is 17.3 Å². The highest BCUT2D eigenvalue weighted by Gasteiger charge is 2.40. The van der Waals surface area contributed by atoms with Crippen molar-refractivity contribution in [1.29, 1.82) is 0 Å². The molecular formula is C21H40O2S2. The standard InChI is InChI=1S/C21H40O2S2/c1-15(22)13-24-19-9-5-17(6-10-19)21(3,4)18-7-11-20(12-8-18)25-14-16(2)23/h15-20,22-23H,5-14H2,1-4H3. The van der Waals surface area contributed by atoms with Crippen molar-refractivity contribution in [2.75, 3.05) is 11.5 Å². The molecule has 2 saturated carbocycles. The van der Waals surface area contributed by atoms with Crippen molar-refractivity contribution in [3.05, 3.63) is 0 Å². The Bertz CT molecular complexity index is 334. The van der Waals surface area contributed by atoms with Crippen LogP contribution in [-0.4, -0.2) is 44.4 Å². The van der Waals surface area contributed by atoms with Crippen LogP contribution in [0.25, 0.3) is 0 Å². The van der Waals surface area contributed by atoms with E-state index in [0.717, 1.165) is 33.8 Å². The summed E-state index contributed by atoms with van der Waals surface area (Å²) < 4.78 is 0. The average molecular weight is 389 g/mol. The first-order valence-corrected chi connectivity index (χ1v) is 12.5. The summed E-state index contributed by atoms with van der Waals surface area (Å²) in [6.45, 7) is 8.87. The van der Waals surface area contributed by atoms with Gasteiger partial charge in [0.15, 0.2) is 0 Å². The molecule has 0 spiro atoms. The van der Waals surface area contributed by atoms with Crippen molar-refractivity contribution in [3.63, 3.8) is 0 Å². The van der Waals surface area contributed by atoms with E-state index in [-0.39, 0.29) is 12.2 Å². The molecule has 2 rings (SSSR count). The van der Waals surface area contributed by atoms with Gasteiger partial charge in [-0.3, -0.25) is 0 Å². The van der Waals surface area contributed by atoms with Crippen molar-refractivity contribution < 1.29 is 10.2 Å². The predicted octanol–water partition coefficient (Wildman–Crippen LogP) is 5.36. The lowest BCUT2D eigenvalue weighted by Crippen LogP contribution is -2.38. The number of aliphatic hydroxyl groups is 2. The minimum atomic E-state index is -0.166. The molecule has 0 bridgehead atoms. The van der Waals surface area contributed by atoms with Gasteiger partial charge in [-0.2, -0.15) is 23.5 Å². The molecule has 0 radical (unpaired) electrons. The molecule has 2 aliphatic rings. The fourth-order valence-corrected chi connectivity index (χ4v) is 7.14. The lowest BCUT2D eigenvalue weighted by molar-refractivity contribution is 0.0607. The number of rotatable bonds is 8. The van der Waals surface area contributed by atoms with E-state index in [2.05, 4.69) is 13.8 Å². The van der Waals surface area contributed by atoms with Gasteiger partial charge in [0.1, 0.15) is 0 Å². The summed E-state index contributed by atoms with van der Waals surface area (Å²) in [5.41, 5.74) is 0.472. The van der Waals surface area contributed by atoms with E-state index in [1.165, 1.54) is 51.4 Å². The lowest BCUT2D eigenvalue weighted by Gasteiger charge is -2.46. The Balaban J connectivity index is 1.75. The summed E-state index contributed by atoms with van der Waals surface area (Å²) in [5, 5.41) is 20.5. The van der Waals surface area contributed by atoms with Gasteiger partial charge in [0.2, 0.25) is 0 Å². The number of aliphatic hydroxyl groups excluding tert-OH is 2. The third-order valence-electron chi connectivity index (χ3n) is 6.60. The fourth-order valence-electron chi connectivity index (χ4n) is 4.83. The SMILES string of the molecule is CC(O)CSC1CCC(C(C)(C)C2CCC(SCC(C)O)CC2)CC1. The Morgan fingerprint density at radius 3 is 1.32 bits per heavy atom. The quantitative estimate of drug-likeness (QED) is 0.587. The van der Waals surface area contributed by atoms with Gasteiger partial charge in [-0.15, -0.1) is 0 Å². The lowest BCUT2D eigenvalue weighted by atomic mass is 9.61. The molecule has 2 fully saturated rings. The number of hydrogen-bond acceptors (Lipinski definition) is 4. The molecule has 148 valence electrons. The van der Waals surface area contributed by atoms with Crippen LogP contribution in [0.3, 0.4) is 0 Å². The van der Waals surface area contributed by atoms with Gasteiger partial charge in [-0.1, -0.05) is 13.8 Å². The van der Waals surface area contributed by atoms with Crippen molar-refractivity contribution in [2.45, 2.75) is 102 Å². The first-order chi connectivity index (χ1) is 11.8. The van der Waals surface area contributed by atoms with Crippen molar-refractivity contribution >= 4 is 23.5 Å². The summed E-state index contributed by atoms with van der Waals surface area (Å²) in [4.78, 5) is 0. The van der Waals surface area contributed by atoms with Crippen LogP contribution in [0.15, 0.2) is 0 Å². The van der Waals surface area contributed by atoms with Crippen LogP contribution in [-0.2, 0) is 0 Å². The monoisotopic (exact) mass is 388 g/mol. The van der Waals surface area contributed by atoms with Gasteiger partial charge >= 0.3 is 0 Å². The Labute approximate surface area is 164 Å². The fraction of sp³-hybridized carbons (Fsp3) is 1.00. The molecule has 0 aromatic heterocycles. The van der Waals surface area contributed by atoms with E-state index in [4.69, 9.17) is 0 Å². The highest BCUT2D eigenvalue weighted by Crippen LogP contribution is 2.50. The van der Waals surface area contributed by atoms with Gasteiger partial charge in [0.05, 0.1) is 12.2 Å². The molecule has 0 saturated heterocycles. The van der Waals surface area contributed by atoms with E-state index >= 15 is 0 Å².